The quantitative estimate of drug-likeness (QED) is 0.749. The third-order valence-corrected chi connectivity index (χ3v) is 5.91. The van der Waals surface area contributed by atoms with E-state index in [9.17, 15) is 18.3 Å². The van der Waals surface area contributed by atoms with Gasteiger partial charge in [-0.3, -0.25) is 0 Å². The molecule has 8 heteroatoms. The molecule has 2 heterocycles. The van der Waals surface area contributed by atoms with Crippen LogP contribution in [-0.4, -0.2) is 53.1 Å². The molecule has 1 aliphatic heterocycles. The van der Waals surface area contributed by atoms with Crippen molar-refractivity contribution < 1.29 is 23.4 Å². The second kappa shape index (κ2) is 5.19. The van der Waals surface area contributed by atoms with Crippen LogP contribution >= 0.6 is 0 Å². The molecule has 7 nitrogen and oxygen atoms in total. The SMILES string of the molecule is Cc1[nH]c(C(=O)O)c(C)c1S(=O)(=O)N1CCC[C@H]1CO. The topological polar surface area (TPSA) is 111 Å². The Morgan fingerprint density at radius 3 is 2.60 bits per heavy atom. The molecule has 2 rings (SSSR count). The summed E-state index contributed by atoms with van der Waals surface area (Å²) >= 11 is 0. The third kappa shape index (κ3) is 2.23. The van der Waals surface area contributed by atoms with Crippen LogP contribution in [-0.2, 0) is 10.0 Å². The number of aromatic amines is 1. The summed E-state index contributed by atoms with van der Waals surface area (Å²) in [7, 11) is -3.80. The van der Waals surface area contributed by atoms with Crippen molar-refractivity contribution in [3.8, 4) is 0 Å². The summed E-state index contributed by atoms with van der Waals surface area (Å²) in [6, 6.07) is -0.429. The number of aromatic carboxylic acids is 1. The van der Waals surface area contributed by atoms with Gasteiger partial charge in [0.2, 0.25) is 10.0 Å². The van der Waals surface area contributed by atoms with Crippen LogP contribution in [0.25, 0.3) is 0 Å². The number of carbonyl (C=O) groups is 1. The summed E-state index contributed by atoms with van der Waals surface area (Å²) in [5, 5.41) is 18.3. The lowest BCUT2D eigenvalue weighted by Crippen LogP contribution is -2.38. The summed E-state index contributed by atoms with van der Waals surface area (Å²) in [6.45, 7) is 3.13. The predicted octanol–water partition coefficient (Wildman–Crippen LogP) is 0.475. The fraction of sp³-hybridized carbons (Fsp3) is 0.583. The molecule has 0 radical (unpaired) electrons. The highest BCUT2D eigenvalue weighted by Crippen LogP contribution is 2.31. The standard InChI is InChI=1S/C12H18N2O5S/c1-7-10(12(16)17)13-8(2)11(7)20(18,19)14-5-3-4-9(14)6-15/h9,13,15H,3-6H2,1-2H3,(H,16,17)/t9-/m0/s1. The van der Waals surface area contributed by atoms with Crippen molar-refractivity contribution in [2.24, 2.45) is 0 Å². The molecule has 0 saturated carbocycles. The van der Waals surface area contributed by atoms with Crippen LogP contribution in [0.4, 0.5) is 0 Å². The number of aryl methyl sites for hydroxylation is 1. The summed E-state index contributed by atoms with van der Waals surface area (Å²) in [6.07, 6.45) is 1.31. The summed E-state index contributed by atoms with van der Waals surface area (Å²) < 4.78 is 26.6. The van der Waals surface area contributed by atoms with Gasteiger partial charge >= 0.3 is 5.97 Å². The van der Waals surface area contributed by atoms with Gasteiger partial charge in [0.25, 0.3) is 0 Å². The van der Waals surface area contributed by atoms with Crippen molar-refractivity contribution in [2.75, 3.05) is 13.2 Å². The number of carboxylic acid groups (broad SMARTS) is 1. The Morgan fingerprint density at radius 2 is 2.10 bits per heavy atom. The van der Waals surface area contributed by atoms with E-state index in [1.807, 2.05) is 0 Å². The van der Waals surface area contributed by atoms with Gasteiger partial charge in [0.05, 0.1) is 6.61 Å². The average Bonchev–Trinajstić information content (AvgIpc) is 2.93. The van der Waals surface area contributed by atoms with Crippen molar-refractivity contribution >= 4 is 16.0 Å². The lowest BCUT2D eigenvalue weighted by molar-refractivity contribution is 0.0690. The van der Waals surface area contributed by atoms with E-state index in [0.29, 0.717) is 25.1 Å². The molecule has 1 aromatic heterocycles. The largest absolute Gasteiger partial charge is 0.477 e. The van der Waals surface area contributed by atoms with Gasteiger partial charge < -0.3 is 15.2 Å². The maximum absolute atomic E-state index is 12.7. The highest BCUT2D eigenvalue weighted by atomic mass is 32.2. The Kier molecular flexibility index (Phi) is 3.90. The first-order valence-electron chi connectivity index (χ1n) is 6.35. The molecular weight excluding hydrogens is 284 g/mol. The normalized spacial score (nSPS) is 20.4. The molecule has 1 aliphatic rings. The molecule has 0 bridgehead atoms. The van der Waals surface area contributed by atoms with Crippen LogP contribution in [0, 0.1) is 13.8 Å². The first-order valence-corrected chi connectivity index (χ1v) is 7.79. The number of carboxylic acids is 1. The molecule has 0 amide bonds. The van der Waals surface area contributed by atoms with Crippen LogP contribution < -0.4 is 0 Å². The van der Waals surface area contributed by atoms with E-state index in [4.69, 9.17) is 5.11 Å². The van der Waals surface area contributed by atoms with Gasteiger partial charge in [0, 0.05) is 23.8 Å². The zero-order valence-corrected chi connectivity index (χ0v) is 12.2. The number of rotatable bonds is 4. The first kappa shape index (κ1) is 15.0. The van der Waals surface area contributed by atoms with Gasteiger partial charge in [-0.15, -0.1) is 0 Å². The smallest absolute Gasteiger partial charge is 0.352 e. The number of nitrogens with one attached hydrogen (secondary N) is 1. The summed E-state index contributed by atoms with van der Waals surface area (Å²) in [5.74, 6) is -1.19. The highest BCUT2D eigenvalue weighted by molar-refractivity contribution is 7.89. The zero-order chi connectivity index (χ0) is 15.1. The molecule has 0 aliphatic carbocycles. The summed E-state index contributed by atoms with van der Waals surface area (Å²) in [4.78, 5) is 13.7. The van der Waals surface area contributed by atoms with Gasteiger partial charge in [-0.2, -0.15) is 4.31 Å². The molecule has 20 heavy (non-hydrogen) atoms. The van der Waals surface area contributed by atoms with Crippen LogP contribution in [0.5, 0.6) is 0 Å². The van der Waals surface area contributed by atoms with Crippen molar-refractivity contribution in [1.29, 1.82) is 0 Å². The van der Waals surface area contributed by atoms with Gasteiger partial charge in [0.1, 0.15) is 10.6 Å². The Hall–Kier alpha value is -1.38. The molecule has 1 aromatic rings. The van der Waals surface area contributed by atoms with Crippen molar-refractivity contribution in [3.63, 3.8) is 0 Å². The molecule has 0 unspecified atom stereocenters. The van der Waals surface area contributed by atoms with Crippen LogP contribution in [0.15, 0.2) is 4.90 Å². The highest BCUT2D eigenvalue weighted by Gasteiger charge is 2.38. The molecule has 0 spiro atoms. The predicted molar refractivity (Wildman–Crippen MR) is 71.2 cm³/mol. The number of nitrogens with zero attached hydrogens (tertiary/aromatic N) is 1. The molecule has 1 atom stereocenters. The third-order valence-electron chi connectivity index (χ3n) is 3.68. The van der Waals surface area contributed by atoms with Crippen LogP contribution in [0.2, 0.25) is 0 Å². The number of hydrogen-bond donors (Lipinski definition) is 3. The summed E-state index contributed by atoms with van der Waals surface area (Å²) in [5.41, 5.74) is 0.405. The Labute approximate surface area is 117 Å². The van der Waals surface area contributed by atoms with E-state index in [1.165, 1.54) is 18.2 Å². The number of aliphatic hydroxyl groups excluding tert-OH is 1. The molecule has 1 saturated heterocycles. The van der Waals surface area contributed by atoms with Gasteiger partial charge in [-0.1, -0.05) is 0 Å². The number of H-pyrrole nitrogens is 1. The number of aliphatic hydroxyl groups is 1. The zero-order valence-electron chi connectivity index (χ0n) is 11.4. The number of hydrogen-bond acceptors (Lipinski definition) is 4. The molecule has 1 fully saturated rings. The van der Waals surface area contributed by atoms with E-state index in [-0.39, 0.29) is 22.8 Å². The minimum atomic E-state index is -3.80. The Morgan fingerprint density at radius 1 is 1.45 bits per heavy atom. The lowest BCUT2D eigenvalue weighted by atomic mass is 10.2. The van der Waals surface area contributed by atoms with Crippen molar-refractivity contribution in [3.05, 3.63) is 17.0 Å². The average molecular weight is 302 g/mol. The fourth-order valence-corrected chi connectivity index (χ4v) is 4.85. The monoisotopic (exact) mass is 302 g/mol. The van der Waals surface area contributed by atoms with Crippen molar-refractivity contribution in [1.82, 2.24) is 9.29 Å². The Bertz CT molecular complexity index is 635. The number of aromatic nitrogens is 1. The minimum Gasteiger partial charge on any atom is -0.477 e. The fourth-order valence-electron chi connectivity index (χ4n) is 2.76. The van der Waals surface area contributed by atoms with E-state index in [0.717, 1.165) is 0 Å². The van der Waals surface area contributed by atoms with Gasteiger partial charge in [0.15, 0.2) is 0 Å². The maximum atomic E-state index is 12.7. The molecule has 0 aromatic carbocycles. The number of sulfonamides is 1. The first-order chi connectivity index (χ1) is 9.30. The van der Waals surface area contributed by atoms with Crippen molar-refractivity contribution in [2.45, 2.75) is 37.6 Å². The van der Waals surface area contributed by atoms with Crippen LogP contribution in [0.1, 0.15) is 34.6 Å². The van der Waals surface area contributed by atoms with Crippen LogP contribution in [0.3, 0.4) is 0 Å². The molecule has 112 valence electrons. The van der Waals surface area contributed by atoms with Gasteiger partial charge in [-0.25, -0.2) is 13.2 Å². The second-order valence-electron chi connectivity index (χ2n) is 4.98. The van der Waals surface area contributed by atoms with E-state index < -0.39 is 22.0 Å². The van der Waals surface area contributed by atoms with E-state index in [1.54, 1.807) is 0 Å². The Balaban J connectivity index is 2.53. The second-order valence-corrected chi connectivity index (χ2v) is 6.81. The molecular formula is C12H18N2O5S. The maximum Gasteiger partial charge on any atom is 0.352 e. The minimum absolute atomic E-state index is 0.00949. The van der Waals surface area contributed by atoms with Gasteiger partial charge in [-0.05, 0) is 26.7 Å². The van der Waals surface area contributed by atoms with E-state index in [2.05, 4.69) is 4.98 Å². The van der Waals surface area contributed by atoms with E-state index >= 15 is 0 Å². The lowest BCUT2D eigenvalue weighted by Gasteiger charge is -2.22. The molecule has 3 N–H and O–H groups in total.